The van der Waals surface area contributed by atoms with Gasteiger partial charge in [-0.25, -0.2) is 4.79 Å². The predicted octanol–water partition coefficient (Wildman–Crippen LogP) is 2.37. The molecular weight excluding hydrogens is 312 g/mol. The van der Waals surface area contributed by atoms with Gasteiger partial charge in [-0.05, 0) is 12.5 Å². The minimum atomic E-state index is -1.46. The molecule has 2 aromatic rings. The normalized spacial score (nSPS) is 11.6. The standard InChI is InChI=1S/C18H18O6/c1-3-22-18(21)12(2)17(20)15-9-14(19)16(11-24-15)23-10-13-7-5-4-6-8-13/h4-9,11,17,20H,2-3,10H2,1H3. The highest BCUT2D eigenvalue weighted by atomic mass is 16.5. The number of carbonyl (C=O) groups excluding carboxylic acids is 1. The van der Waals surface area contributed by atoms with Gasteiger partial charge < -0.3 is 19.0 Å². The van der Waals surface area contributed by atoms with Crippen LogP contribution in [-0.4, -0.2) is 17.7 Å². The SMILES string of the molecule is C=C(C(=O)OCC)C(O)c1cc(=O)c(OCc2ccccc2)co1. The topological polar surface area (TPSA) is 86.0 Å². The van der Waals surface area contributed by atoms with Gasteiger partial charge in [-0.15, -0.1) is 0 Å². The van der Waals surface area contributed by atoms with Gasteiger partial charge in [0.25, 0.3) is 0 Å². The van der Waals surface area contributed by atoms with Crippen LogP contribution in [0.2, 0.25) is 0 Å². The fourth-order valence-corrected chi connectivity index (χ4v) is 1.90. The fraction of sp³-hybridized carbons (Fsp3) is 0.222. The monoisotopic (exact) mass is 330 g/mol. The van der Waals surface area contributed by atoms with Gasteiger partial charge in [0.05, 0.1) is 12.2 Å². The fourth-order valence-electron chi connectivity index (χ4n) is 1.90. The highest BCUT2D eigenvalue weighted by Crippen LogP contribution is 2.21. The Morgan fingerprint density at radius 3 is 2.67 bits per heavy atom. The van der Waals surface area contributed by atoms with Gasteiger partial charge in [0.1, 0.15) is 24.7 Å². The Morgan fingerprint density at radius 1 is 1.33 bits per heavy atom. The summed E-state index contributed by atoms with van der Waals surface area (Å²) in [6.07, 6.45) is -0.359. The number of hydrogen-bond acceptors (Lipinski definition) is 6. The highest BCUT2D eigenvalue weighted by Gasteiger charge is 2.22. The molecule has 0 saturated carbocycles. The van der Waals surface area contributed by atoms with Crippen LogP contribution in [0.25, 0.3) is 0 Å². The lowest BCUT2D eigenvalue weighted by molar-refractivity contribution is -0.139. The molecule has 1 aromatic heterocycles. The Bertz CT molecular complexity index is 763. The van der Waals surface area contributed by atoms with Crippen molar-refractivity contribution >= 4 is 5.97 Å². The summed E-state index contributed by atoms with van der Waals surface area (Å²) in [5.41, 5.74) is 0.220. The molecule has 24 heavy (non-hydrogen) atoms. The van der Waals surface area contributed by atoms with Crippen LogP contribution in [0, 0.1) is 0 Å². The second-order valence-corrected chi connectivity index (χ2v) is 4.93. The first-order valence-corrected chi connectivity index (χ1v) is 7.36. The molecule has 0 amide bonds. The first-order chi connectivity index (χ1) is 11.5. The van der Waals surface area contributed by atoms with E-state index in [1.54, 1.807) is 6.92 Å². The molecular formula is C18H18O6. The third-order valence-electron chi connectivity index (χ3n) is 3.19. The lowest BCUT2D eigenvalue weighted by Gasteiger charge is -2.12. The van der Waals surface area contributed by atoms with Crippen molar-refractivity contribution in [3.63, 3.8) is 0 Å². The van der Waals surface area contributed by atoms with Gasteiger partial charge in [-0.1, -0.05) is 36.9 Å². The van der Waals surface area contributed by atoms with E-state index >= 15 is 0 Å². The number of ether oxygens (including phenoxy) is 2. The minimum Gasteiger partial charge on any atom is -0.482 e. The molecule has 0 saturated heterocycles. The molecule has 0 aliphatic carbocycles. The second-order valence-electron chi connectivity index (χ2n) is 4.93. The van der Waals surface area contributed by atoms with Crippen LogP contribution < -0.4 is 10.2 Å². The Labute approximate surface area is 139 Å². The van der Waals surface area contributed by atoms with E-state index in [0.29, 0.717) is 0 Å². The van der Waals surface area contributed by atoms with Crippen molar-refractivity contribution in [1.29, 1.82) is 0 Å². The molecule has 2 rings (SSSR count). The molecule has 0 aliphatic heterocycles. The van der Waals surface area contributed by atoms with Crippen LogP contribution >= 0.6 is 0 Å². The van der Waals surface area contributed by atoms with Crippen LogP contribution in [0.4, 0.5) is 0 Å². The molecule has 1 aromatic carbocycles. The van der Waals surface area contributed by atoms with Crippen molar-refractivity contribution in [3.8, 4) is 5.75 Å². The quantitative estimate of drug-likeness (QED) is 0.619. The third kappa shape index (κ3) is 4.33. The number of hydrogen-bond donors (Lipinski definition) is 1. The number of benzene rings is 1. The molecule has 1 unspecified atom stereocenters. The van der Waals surface area contributed by atoms with Crippen LogP contribution in [0.5, 0.6) is 5.75 Å². The smallest absolute Gasteiger partial charge is 0.336 e. The van der Waals surface area contributed by atoms with Crippen molar-refractivity contribution in [1.82, 2.24) is 0 Å². The van der Waals surface area contributed by atoms with Gasteiger partial charge in [0.2, 0.25) is 11.2 Å². The van der Waals surface area contributed by atoms with Gasteiger partial charge in [0.15, 0.2) is 0 Å². The Kier molecular flexibility index (Phi) is 5.92. The van der Waals surface area contributed by atoms with Crippen LogP contribution in [0.3, 0.4) is 0 Å². The van der Waals surface area contributed by atoms with E-state index in [-0.39, 0.29) is 30.3 Å². The molecule has 1 heterocycles. The largest absolute Gasteiger partial charge is 0.482 e. The summed E-state index contributed by atoms with van der Waals surface area (Å²) in [5, 5.41) is 10.0. The highest BCUT2D eigenvalue weighted by molar-refractivity contribution is 5.88. The molecule has 1 atom stereocenters. The van der Waals surface area contributed by atoms with Crippen molar-refractivity contribution < 1.29 is 23.8 Å². The molecule has 0 spiro atoms. The molecule has 0 aliphatic rings. The second kappa shape index (κ2) is 8.12. The average molecular weight is 330 g/mol. The van der Waals surface area contributed by atoms with Gasteiger partial charge in [-0.2, -0.15) is 0 Å². The number of aliphatic hydroxyl groups is 1. The van der Waals surface area contributed by atoms with E-state index < -0.39 is 17.5 Å². The van der Waals surface area contributed by atoms with Gasteiger partial charge >= 0.3 is 5.97 Å². The molecule has 6 heteroatoms. The summed E-state index contributed by atoms with van der Waals surface area (Å²) in [7, 11) is 0. The molecule has 0 bridgehead atoms. The van der Waals surface area contributed by atoms with Crippen molar-refractivity contribution in [2.75, 3.05) is 6.61 Å². The molecule has 6 nitrogen and oxygen atoms in total. The Hall–Kier alpha value is -2.86. The average Bonchev–Trinajstić information content (AvgIpc) is 2.60. The molecule has 0 radical (unpaired) electrons. The molecule has 0 fully saturated rings. The maximum Gasteiger partial charge on any atom is 0.336 e. The number of esters is 1. The third-order valence-corrected chi connectivity index (χ3v) is 3.19. The summed E-state index contributed by atoms with van der Waals surface area (Å²) in [5.74, 6) is -0.848. The van der Waals surface area contributed by atoms with E-state index in [9.17, 15) is 14.7 Å². The van der Waals surface area contributed by atoms with Gasteiger partial charge in [-0.3, -0.25) is 4.79 Å². The van der Waals surface area contributed by atoms with Crippen molar-refractivity contribution in [2.24, 2.45) is 0 Å². The van der Waals surface area contributed by atoms with Crippen molar-refractivity contribution in [2.45, 2.75) is 19.6 Å². The number of carbonyl (C=O) groups is 1. The summed E-state index contributed by atoms with van der Waals surface area (Å²) < 4.78 is 15.3. The number of aliphatic hydroxyl groups excluding tert-OH is 1. The maximum absolute atomic E-state index is 12.0. The van der Waals surface area contributed by atoms with E-state index in [1.165, 1.54) is 0 Å². The lowest BCUT2D eigenvalue weighted by Crippen LogP contribution is -2.15. The summed E-state index contributed by atoms with van der Waals surface area (Å²) in [4.78, 5) is 23.6. The van der Waals surface area contributed by atoms with Crippen molar-refractivity contribution in [3.05, 3.63) is 76.4 Å². The van der Waals surface area contributed by atoms with Crippen LogP contribution in [0.1, 0.15) is 24.4 Å². The zero-order valence-corrected chi connectivity index (χ0v) is 13.2. The maximum atomic E-state index is 12.0. The zero-order valence-electron chi connectivity index (χ0n) is 13.2. The molecule has 1 N–H and O–H groups in total. The zero-order chi connectivity index (χ0) is 17.5. The van der Waals surface area contributed by atoms with E-state index in [2.05, 4.69) is 6.58 Å². The number of rotatable bonds is 7. The minimum absolute atomic E-state index is 0.0107. The van der Waals surface area contributed by atoms with E-state index in [0.717, 1.165) is 17.9 Å². The lowest BCUT2D eigenvalue weighted by atomic mass is 10.1. The van der Waals surface area contributed by atoms with Gasteiger partial charge in [0, 0.05) is 6.07 Å². The first-order valence-electron chi connectivity index (χ1n) is 7.36. The van der Waals surface area contributed by atoms with E-state index in [4.69, 9.17) is 13.9 Å². The van der Waals surface area contributed by atoms with Crippen LogP contribution in [0.15, 0.2) is 64.0 Å². The predicted molar refractivity (Wildman–Crippen MR) is 86.5 cm³/mol. The summed E-state index contributed by atoms with van der Waals surface area (Å²) in [6.45, 7) is 5.46. The van der Waals surface area contributed by atoms with Crippen LogP contribution in [-0.2, 0) is 16.1 Å². The summed E-state index contributed by atoms with van der Waals surface area (Å²) >= 11 is 0. The summed E-state index contributed by atoms with van der Waals surface area (Å²) in [6, 6.07) is 10.4. The molecule has 126 valence electrons. The first kappa shape index (κ1) is 17.5. The van der Waals surface area contributed by atoms with E-state index in [1.807, 2.05) is 30.3 Å². The Balaban J connectivity index is 2.07. The Morgan fingerprint density at radius 2 is 2.04 bits per heavy atom.